The Morgan fingerprint density at radius 3 is 2.62 bits per heavy atom. The number of carbonyl (C=O) groups excluding carboxylic acids is 1. The van der Waals surface area contributed by atoms with Gasteiger partial charge in [-0.25, -0.2) is 17.1 Å². The molecule has 0 N–H and O–H groups in total. The first-order chi connectivity index (χ1) is 11.4. The molecule has 1 atom stereocenters. The lowest BCUT2D eigenvalue weighted by Gasteiger charge is -2.34. The van der Waals surface area contributed by atoms with Gasteiger partial charge in [0.05, 0.1) is 12.2 Å². The summed E-state index contributed by atoms with van der Waals surface area (Å²) in [6.45, 7) is 0.961. The number of halogens is 1. The Morgan fingerprint density at radius 1 is 1.29 bits per heavy atom. The number of sulfonamides is 1. The van der Waals surface area contributed by atoms with Crippen molar-refractivity contribution in [3.05, 3.63) is 35.6 Å². The molecule has 0 bridgehead atoms. The fourth-order valence-electron chi connectivity index (χ4n) is 3.26. The summed E-state index contributed by atoms with van der Waals surface area (Å²) in [5, 5.41) is 0. The molecule has 1 aliphatic carbocycles. The van der Waals surface area contributed by atoms with E-state index in [-0.39, 0.29) is 36.8 Å². The lowest BCUT2D eigenvalue weighted by atomic mass is 9.97. The van der Waals surface area contributed by atoms with Crippen molar-refractivity contribution < 1.29 is 17.6 Å². The summed E-state index contributed by atoms with van der Waals surface area (Å²) in [5.74, 6) is -0.688. The molecule has 24 heavy (non-hydrogen) atoms. The van der Waals surface area contributed by atoms with E-state index in [1.54, 1.807) is 23.1 Å². The number of nitrogens with zero attached hydrogens (tertiary/aromatic N) is 2. The number of piperidine rings is 1. The van der Waals surface area contributed by atoms with Crippen LogP contribution in [-0.2, 0) is 21.4 Å². The van der Waals surface area contributed by atoms with Crippen molar-refractivity contribution in [3.63, 3.8) is 0 Å². The minimum atomic E-state index is -3.29. The minimum Gasteiger partial charge on any atom is -0.335 e. The molecule has 0 aromatic heterocycles. The molecule has 7 heteroatoms. The highest BCUT2D eigenvalue weighted by Crippen LogP contribution is 2.32. The monoisotopic (exact) mass is 354 g/mol. The van der Waals surface area contributed by atoms with Gasteiger partial charge in [0.2, 0.25) is 15.9 Å². The first kappa shape index (κ1) is 17.4. The van der Waals surface area contributed by atoms with Gasteiger partial charge in [0.1, 0.15) is 5.82 Å². The predicted molar refractivity (Wildman–Crippen MR) is 89.1 cm³/mol. The normalized spacial score (nSPS) is 22.3. The highest BCUT2D eigenvalue weighted by molar-refractivity contribution is 7.88. The van der Waals surface area contributed by atoms with E-state index in [0.29, 0.717) is 24.9 Å². The van der Waals surface area contributed by atoms with E-state index in [1.807, 2.05) is 0 Å². The second-order valence-electron chi connectivity index (χ2n) is 6.75. The number of benzene rings is 1. The van der Waals surface area contributed by atoms with Gasteiger partial charge in [-0.3, -0.25) is 4.79 Å². The summed E-state index contributed by atoms with van der Waals surface area (Å²) in [5.41, 5.74) is 0.508. The lowest BCUT2D eigenvalue weighted by molar-refractivity contribution is -0.138. The highest BCUT2D eigenvalue weighted by Gasteiger charge is 2.38. The molecule has 1 unspecified atom stereocenters. The predicted octanol–water partition coefficient (Wildman–Crippen LogP) is 1.99. The Balaban J connectivity index is 1.74. The van der Waals surface area contributed by atoms with E-state index >= 15 is 0 Å². The Labute approximate surface area is 142 Å². The van der Waals surface area contributed by atoms with Crippen LogP contribution in [0.15, 0.2) is 24.3 Å². The van der Waals surface area contributed by atoms with Crippen molar-refractivity contribution in [2.75, 3.05) is 19.3 Å². The second-order valence-corrected chi connectivity index (χ2v) is 8.73. The smallest absolute Gasteiger partial charge is 0.227 e. The van der Waals surface area contributed by atoms with Crippen LogP contribution in [-0.4, -0.2) is 48.9 Å². The third-order valence-corrected chi connectivity index (χ3v) is 6.04. The molecular formula is C17H23FN2O3S. The van der Waals surface area contributed by atoms with Crippen molar-refractivity contribution in [3.8, 4) is 0 Å². The number of hydrogen-bond acceptors (Lipinski definition) is 3. The molecular weight excluding hydrogens is 331 g/mol. The molecule has 0 spiro atoms. The van der Waals surface area contributed by atoms with Crippen LogP contribution in [0.2, 0.25) is 0 Å². The van der Waals surface area contributed by atoms with E-state index in [9.17, 15) is 17.6 Å². The molecule has 1 saturated carbocycles. The number of rotatable bonds is 5. The number of amides is 1. The van der Waals surface area contributed by atoms with Gasteiger partial charge in [0.25, 0.3) is 0 Å². The molecule has 1 aromatic carbocycles. The molecule has 1 aliphatic heterocycles. The molecule has 1 amide bonds. The van der Waals surface area contributed by atoms with Crippen molar-refractivity contribution >= 4 is 15.9 Å². The largest absolute Gasteiger partial charge is 0.335 e. The van der Waals surface area contributed by atoms with E-state index in [4.69, 9.17) is 0 Å². The third kappa shape index (κ3) is 3.95. The summed E-state index contributed by atoms with van der Waals surface area (Å²) in [6, 6.07) is 6.65. The van der Waals surface area contributed by atoms with E-state index < -0.39 is 10.0 Å². The van der Waals surface area contributed by atoms with Gasteiger partial charge in [0, 0.05) is 31.2 Å². The molecule has 2 fully saturated rings. The average Bonchev–Trinajstić information content (AvgIpc) is 3.38. The van der Waals surface area contributed by atoms with Gasteiger partial charge in [-0.05, 0) is 31.7 Å². The molecule has 5 nitrogen and oxygen atoms in total. The lowest BCUT2D eigenvalue weighted by Crippen LogP contribution is -2.46. The average molecular weight is 354 g/mol. The Bertz CT molecular complexity index is 718. The van der Waals surface area contributed by atoms with Crippen LogP contribution in [0.5, 0.6) is 0 Å². The van der Waals surface area contributed by atoms with Crippen LogP contribution < -0.4 is 0 Å². The molecule has 0 radical (unpaired) electrons. The Morgan fingerprint density at radius 2 is 2.00 bits per heavy atom. The number of hydrogen-bond donors (Lipinski definition) is 0. The zero-order chi connectivity index (χ0) is 17.3. The summed E-state index contributed by atoms with van der Waals surface area (Å²) in [4.78, 5) is 14.7. The molecule has 132 valence electrons. The van der Waals surface area contributed by atoms with Crippen LogP contribution in [0.3, 0.4) is 0 Å². The van der Waals surface area contributed by atoms with E-state index in [2.05, 4.69) is 0 Å². The zero-order valence-corrected chi connectivity index (χ0v) is 14.6. The van der Waals surface area contributed by atoms with Gasteiger partial charge in [-0.15, -0.1) is 0 Å². The SMILES string of the molecule is CS(=O)(=O)N1CCCC(C(=O)N(Cc2ccccc2F)C2CC2)C1. The third-order valence-electron chi connectivity index (χ3n) is 4.77. The maximum absolute atomic E-state index is 13.9. The van der Waals surface area contributed by atoms with Crippen LogP contribution in [0.4, 0.5) is 4.39 Å². The van der Waals surface area contributed by atoms with Gasteiger partial charge >= 0.3 is 0 Å². The van der Waals surface area contributed by atoms with Crippen LogP contribution >= 0.6 is 0 Å². The Kier molecular flexibility index (Phi) is 4.92. The first-order valence-corrected chi connectivity index (χ1v) is 10.2. The van der Waals surface area contributed by atoms with E-state index in [0.717, 1.165) is 12.8 Å². The fourth-order valence-corrected chi connectivity index (χ4v) is 4.17. The summed E-state index contributed by atoms with van der Waals surface area (Å²) in [6.07, 6.45) is 4.41. The standard InChI is InChI=1S/C17H23FN2O3S/c1-24(22,23)19-10-4-6-14(11-19)17(21)20(15-8-9-15)12-13-5-2-3-7-16(13)18/h2-3,5,7,14-15H,4,6,8-12H2,1H3. The molecule has 3 rings (SSSR count). The van der Waals surface area contributed by atoms with Gasteiger partial charge in [0.15, 0.2) is 0 Å². The van der Waals surface area contributed by atoms with Gasteiger partial charge in [-0.1, -0.05) is 18.2 Å². The molecule has 2 aliphatic rings. The summed E-state index contributed by atoms with van der Waals surface area (Å²) >= 11 is 0. The van der Waals surface area contributed by atoms with Crippen molar-refractivity contribution in [2.24, 2.45) is 5.92 Å². The minimum absolute atomic E-state index is 0.0471. The Hall–Kier alpha value is -1.47. The highest BCUT2D eigenvalue weighted by atomic mass is 32.2. The quantitative estimate of drug-likeness (QED) is 0.812. The first-order valence-electron chi connectivity index (χ1n) is 8.35. The zero-order valence-electron chi connectivity index (χ0n) is 13.8. The van der Waals surface area contributed by atoms with Crippen LogP contribution in [0.1, 0.15) is 31.2 Å². The van der Waals surface area contributed by atoms with Crippen molar-refractivity contribution in [2.45, 2.75) is 38.3 Å². The van der Waals surface area contributed by atoms with Crippen LogP contribution in [0, 0.1) is 11.7 Å². The van der Waals surface area contributed by atoms with Crippen molar-refractivity contribution in [1.82, 2.24) is 9.21 Å². The summed E-state index contributed by atoms with van der Waals surface area (Å²) < 4.78 is 38.8. The van der Waals surface area contributed by atoms with E-state index in [1.165, 1.54) is 16.6 Å². The maximum Gasteiger partial charge on any atom is 0.227 e. The maximum atomic E-state index is 13.9. The molecule has 1 saturated heterocycles. The number of carbonyl (C=O) groups is 1. The summed E-state index contributed by atoms with van der Waals surface area (Å²) in [7, 11) is -3.29. The van der Waals surface area contributed by atoms with Crippen LogP contribution in [0.25, 0.3) is 0 Å². The topological polar surface area (TPSA) is 57.7 Å². The van der Waals surface area contributed by atoms with Gasteiger partial charge in [-0.2, -0.15) is 0 Å². The second kappa shape index (κ2) is 6.80. The van der Waals surface area contributed by atoms with Crippen molar-refractivity contribution in [1.29, 1.82) is 0 Å². The molecule has 1 heterocycles. The molecule has 1 aromatic rings. The fraction of sp³-hybridized carbons (Fsp3) is 0.588. The van der Waals surface area contributed by atoms with Gasteiger partial charge < -0.3 is 4.90 Å².